The van der Waals surface area contributed by atoms with E-state index in [1.165, 1.54) is 6.42 Å². The summed E-state index contributed by atoms with van der Waals surface area (Å²) in [6.07, 6.45) is 6.34. The van der Waals surface area contributed by atoms with Gasteiger partial charge < -0.3 is 21.9 Å². The maximum absolute atomic E-state index is 10.6. The second kappa shape index (κ2) is 11.0. The number of carbonyl (C=O) groups excluding carboxylic acids is 1. The first-order valence-corrected chi connectivity index (χ1v) is 6.53. The van der Waals surface area contributed by atoms with E-state index < -0.39 is 12.0 Å². The highest BCUT2D eigenvalue weighted by Crippen LogP contribution is 2.02. The molecule has 0 unspecified atom stereocenters. The fraction of sp³-hybridized carbons (Fsp3) is 0.833. The maximum Gasteiger partial charge on any atom is 0.320 e. The number of carbonyl (C=O) groups is 2. The molecule has 0 radical (unpaired) electrons. The Kier molecular flexibility index (Phi) is 10.3. The summed E-state index contributed by atoms with van der Waals surface area (Å²) in [5.74, 6) is -0.709. The Morgan fingerprint density at radius 2 is 2.06 bits per heavy atom. The average Bonchev–Trinajstić information content (AvgIpc) is 2.58. The van der Waals surface area contributed by atoms with Crippen LogP contribution in [0.2, 0.25) is 0 Å². The molecule has 1 aliphatic heterocycles. The molecule has 1 saturated heterocycles. The van der Waals surface area contributed by atoms with Gasteiger partial charge in [0, 0.05) is 13.0 Å². The van der Waals surface area contributed by atoms with E-state index in [0.717, 1.165) is 38.6 Å². The molecule has 6 heteroatoms. The molecule has 0 spiro atoms. The Bertz CT molecular complexity index is 237. The molecule has 1 heterocycles. The van der Waals surface area contributed by atoms with Gasteiger partial charge in [0.2, 0.25) is 5.91 Å². The van der Waals surface area contributed by atoms with E-state index in [4.69, 9.17) is 16.6 Å². The highest BCUT2D eigenvalue weighted by Gasteiger charge is 2.09. The Balaban J connectivity index is 0.000000327. The third-order valence-electron chi connectivity index (χ3n) is 2.69. The van der Waals surface area contributed by atoms with Crippen molar-refractivity contribution in [3.05, 3.63) is 0 Å². The molecule has 0 aliphatic carbocycles. The molecule has 18 heavy (non-hydrogen) atoms. The maximum atomic E-state index is 10.6. The molecule has 1 fully saturated rings. The van der Waals surface area contributed by atoms with Crippen LogP contribution in [0.25, 0.3) is 0 Å². The van der Waals surface area contributed by atoms with Gasteiger partial charge in [-0.15, -0.1) is 0 Å². The molecule has 6 nitrogen and oxygen atoms in total. The number of hydrogen-bond donors (Lipinski definition) is 4. The molecule has 0 aromatic carbocycles. The van der Waals surface area contributed by atoms with E-state index in [2.05, 4.69) is 5.32 Å². The number of carboxylic acids is 1. The molecular weight excluding hydrogens is 234 g/mol. The first-order chi connectivity index (χ1) is 8.57. The number of aliphatic carboxylic acids is 1. The summed E-state index contributed by atoms with van der Waals surface area (Å²) in [6.45, 7) is 1.49. The Labute approximate surface area is 108 Å². The minimum atomic E-state index is -0.933. The van der Waals surface area contributed by atoms with Gasteiger partial charge in [-0.25, -0.2) is 0 Å². The monoisotopic (exact) mass is 259 g/mol. The van der Waals surface area contributed by atoms with Gasteiger partial charge >= 0.3 is 5.97 Å². The lowest BCUT2D eigenvalue weighted by atomic mass is 10.1. The molecule has 1 atom stereocenters. The summed E-state index contributed by atoms with van der Waals surface area (Å²) in [5, 5.41) is 11.1. The van der Waals surface area contributed by atoms with Crippen LogP contribution in [-0.4, -0.2) is 36.1 Å². The van der Waals surface area contributed by atoms with Gasteiger partial charge in [0.15, 0.2) is 0 Å². The lowest BCUT2D eigenvalue weighted by molar-refractivity contribution is -0.138. The third kappa shape index (κ3) is 10.0. The smallest absolute Gasteiger partial charge is 0.320 e. The van der Waals surface area contributed by atoms with Gasteiger partial charge in [0.25, 0.3) is 0 Å². The van der Waals surface area contributed by atoms with Crippen molar-refractivity contribution in [2.45, 2.75) is 51.0 Å². The van der Waals surface area contributed by atoms with Gasteiger partial charge in [-0.2, -0.15) is 0 Å². The summed E-state index contributed by atoms with van der Waals surface area (Å²) in [6, 6.07) is -0.716. The quantitative estimate of drug-likeness (QED) is 0.526. The van der Waals surface area contributed by atoms with Crippen LogP contribution in [0.1, 0.15) is 44.9 Å². The molecule has 106 valence electrons. The summed E-state index contributed by atoms with van der Waals surface area (Å²) < 4.78 is 0. The number of rotatable bonds is 5. The fourth-order valence-corrected chi connectivity index (χ4v) is 1.54. The molecule has 1 aliphatic rings. The predicted molar refractivity (Wildman–Crippen MR) is 70.0 cm³/mol. The molecule has 1 amide bonds. The molecule has 0 aromatic heterocycles. The van der Waals surface area contributed by atoms with Gasteiger partial charge in [-0.1, -0.05) is 12.8 Å². The van der Waals surface area contributed by atoms with Crippen molar-refractivity contribution in [1.82, 2.24) is 5.32 Å². The van der Waals surface area contributed by atoms with Gasteiger partial charge in [-0.3, -0.25) is 9.59 Å². The van der Waals surface area contributed by atoms with Crippen molar-refractivity contribution in [3.63, 3.8) is 0 Å². The lowest BCUT2D eigenvalue weighted by Crippen LogP contribution is -2.29. The van der Waals surface area contributed by atoms with E-state index in [-0.39, 0.29) is 5.91 Å². The van der Waals surface area contributed by atoms with Crippen LogP contribution in [-0.2, 0) is 9.59 Å². The van der Waals surface area contributed by atoms with Crippen LogP contribution in [0, 0.1) is 0 Å². The summed E-state index contributed by atoms with van der Waals surface area (Å²) in [5.41, 5.74) is 10.4. The number of carboxylic acid groups (broad SMARTS) is 1. The van der Waals surface area contributed by atoms with Crippen molar-refractivity contribution in [2.75, 3.05) is 13.1 Å². The van der Waals surface area contributed by atoms with Crippen LogP contribution >= 0.6 is 0 Å². The number of amides is 1. The zero-order valence-electron chi connectivity index (χ0n) is 10.9. The number of hydrogen-bond acceptors (Lipinski definition) is 4. The molecule has 0 bridgehead atoms. The topological polar surface area (TPSA) is 118 Å². The molecule has 0 aromatic rings. The summed E-state index contributed by atoms with van der Waals surface area (Å²) >= 11 is 0. The lowest BCUT2D eigenvalue weighted by Gasteiger charge is -2.03. The standard InChI is InChI=1S/C6H14N2O2.C6H11NO/c7-4-2-1-3-5(8)6(9)10;8-6-4-2-1-3-5-7-6/h5H,1-4,7-8H2,(H,9,10);1-5H2,(H,7,8)/t5-;/m0./s1. The molecule has 6 N–H and O–H groups in total. The van der Waals surface area contributed by atoms with E-state index >= 15 is 0 Å². The van der Waals surface area contributed by atoms with Crippen LogP contribution in [0.15, 0.2) is 0 Å². The average molecular weight is 259 g/mol. The minimum Gasteiger partial charge on any atom is -0.480 e. The van der Waals surface area contributed by atoms with Crippen molar-refractivity contribution < 1.29 is 14.7 Å². The summed E-state index contributed by atoms with van der Waals surface area (Å²) in [7, 11) is 0. The SMILES string of the molecule is NCCCC[C@H](N)C(=O)O.O=C1CCCCCN1. The van der Waals surface area contributed by atoms with Crippen molar-refractivity contribution in [2.24, 2.45) is 11.5 Å². The largest absolute Gasteiger partial charge is 0.480 e. The van der Waals surface area contributed by atoms with E-state index in [1.807, 2.05) is 0 Å². The second-order valence-electron chi connectivity index (χ2n) is 4.39. The normalized spacial score (nSPS) is 16.9. The van der Waals surface area contributed by atoms with Gasteiger partial charge in [-0.05, 0) is 32.2 Å². The minimum absolute atomic E-state index is 0.225. The molecule has 1 rings (SSSR count). The van der Waals surface area contributed by atoms with Crippen molar-refractivity contribution in [3.8, 4) is 0 Å². The van der Waals surface area contributed by atoms with Crippen LogP contribution in [0.5, 0.6) is 0 Å². The Morgan fingerprint density at radius 1 is 1.33 bits per heavy atom. The van der Waals surface area contributed by atoms with Gasteiger partial charge in [0.1, 0.15) is 6.04 Å². The van der Waals surface area contributed by atoms with Crippen molar-refractivity contribution >= 4 is 11.9 Å². The zero-order chi connectivity index (χ0) is 13.8. The Morgan fingerprint density at radius 3 is 2.67 bits per heavy atom. The zero-order valence-corrected chi connectivity index (χ0v) is 10.9. The van der Waals surface area contributed by atoms with E-state index in [9.17, 15) is 9.59 Å². The van der Waals surface area contributed by atoms with Gasteiger partial charge in [0.05, 0.1) is 0 Å². The molecular formula is C12H25N3O3. The number of nitrogens with one attached hydrogen (secondary N) is 1. The number of unbranched alkanes of at least 4 members (excludes halogenated alkanes) is 1. The molecule has 0 saturated carbocycles. The first kappa shape index (κ1) is 16.9. The van der Waals surface area contributed by atoms with Crippen molar-refractivity contribution in [1.29, 1.82) is 0 Å². The van der Waals surface area contributed by atoms with E-state index in [0.29, 0.717) is 13.0 Å². The first-order valence-electron chi connectivity index (χ1n) is 6.53. The van der Waals surface area contributed by atoms with Crippen LogP contribution in [0.4, 0.5) is 0 Å². The predicted octanol–water partition coefficient (Wildman–Crippen LogP) is 0.204. The summed E-state index contributed by atoms with van der Waals surface area (Å²) in [4.78, 5) is 20.7. The Hall–Kier alpha value is -1.14. The number of nitrogens with two attached hydrogens (primary N) is 2. The fourth-order valence-electron chi connectivity index (χ4n) is 1.54. The highest BCUT2D eigenvalue weighted by molar-refractivity contribution is 5.75. The van der Waals surface area contributed by atoms with Crippen LogP contribution < -0.4 is 16.8 Å². The van der Waals surface area contributed by atoms with Crippen LogP contribution in [0.3, 0.4) is 0 Å². The highest BCUT2D eigenvalue weighted by atomic mass is 16.4. The van der Waals surface area contributed by atoms with E-state index in [1.54, 1.807) is 0 Å². The second-order valence-corrected chi connectivity index (χ2v) is 4.39. The third-order valence-corrected chi connectivity index (χ3v) is 2.69.